The monoisotopic (exact) mass is 367 g/mol. The minimum Gasteiger partial charge on any atom is -0.302 e. The Morgan fingerprint density at radius 1 is 0.885 bits per heavy atom. The van der Waals surface area contributed by atoms with Gasteiger partial charge in [0.15, 0.2) is 0 Å². The first-order valence-electron chi connectivity index (χ1n) is 10.6. The summed E-state index contributed by atoms with van der Waals surface area (Å²) in [4.78, 5) is 0. The molecule has 0 amide bonds. The summed E-state index contributed by atoms with van der Waals surface area (Å²) in [6, 6.07) is 11.4. The Morgan fingerprint density at radius 3 is 2.00 bits per heavy atom. The van der Waals surface area contributed by atoms with Crippen LogP contribution in [0.5, 0.6) is 0 Å². The molecule has 3 rings (SSSR count). The number of allylic oxidation sites excluding steroid dienone is 2. The van der Waals surface area contributed by atoms with Gasteiger partial charge in [-0.3, -0.25) is 0 Å². The fourth-order valence-electron chi connectivity index (χ4n) is 5.25. The summed E-state index contributed by atoms with van der Waals surface area (Å²) < 4.78 is 0. The molecule has 26 heavy (non-hydrogen) atoms. The number of nitrogens with one attached hydrogen (secondary N) is 1. The maximum atomic E-state index is 4.31. The second-order valence-corrected chi connectivity index (χ2v) is 12.2. The van der Waals surface area contributed by atoms with E-state index in [0.717, 1.165) is 0 Å². The van der Waals surface area contributed by atoms with E-state index in [1.54, 1.807) is 5.19 Å². The third kappa shape index (κ3) is 3.77. The molecule has 2 atom stereocenters. The van der Waals surface area contributed by atoms with Gasteiger partial charge in [-0.2, -0.15) is 0 Å². The normalized spacial score (nSPS) is 27.7. The first-order chi connectivity index (χ1) is 12.4. The van der Waals surface area contributed by atoms with Crippen molar-refractivity contribution in [2.24, 2.45) is 0 Å². The summed E-state index contributed by atoms with van der Waals surface area (Å²) in [6.07, 6.45) is 12.1. The molecule has 1 N–H and O–H groups in total. The van der Waals surface area contributed by atoms with Gasteiger partial charge in [0.25, 0.3) is 0 Å². The van der Waals surface area contributed by atoms with Crippen molar-refractivity contribution in [1.29, 1.82) is 0 Å². The van der Waals surface area contributed by atoms with Gasteiger partial charge in [-0.25, -0.2) is 0 Å². The van der Waals surface area contributed by atoms with Crippen LogP contribution in [-0.2, 0) is 0 Å². The van der Waals surface area contributed by atoms with Gasteiger partial charge in [-0.05, 0) is 51.7 Å². The highest BCUT2D eigenvalue weighted by atomic mass is 28.3. The Kier molecular flexibility index (Phi) is 5.93. The van der Waals surface area contributed by atoms with Crippen LogP contribution in [0.2, 0.25) is 6.55 Å². The van der Waals surface area contributed by atoms with E-state index in [1.807, 2.05) is 0 Å². The number of hydrogen-bond donors (Lipinski definition) is 1. The first kappa shape index (κ1) is 19.6. The summed E-state index contributed by atoms with van der Waals surface area (Å²) >= 11 is 0. The highest BCUT2D eigenvalue weighted by molar-refractivity contribution is 6.75. The molecular formula is C24H37NSi. The third-order valence-electron chi connectivity index (χ3n) is 7.32. The van der Waals surface area contributed by atoms with Crippen LogP contribution in [0.3, 0.4) is 0 Å². The average Bonchev–Trinajstić information content (AvgIpc) is 2.80. The van der Waals surface area contributed by atoms with Crippen LogP contribution in [0.25, 0.3) is 0 Å². The summed E-state index contributed by atoms with van der Waals surface area (Å²) in [5.74, 6) is 0. The zero-order valence-corrected chi connectivity index (χ0v) is 18.6. The quantitative estimate of drug-likeness (QED) is 0.701. The van der Waals surface area contributed by atoms with Gasteiger partial charge >= 0.3 is 0 Å². The summed E-state index contributed by atoms with van der Waals surface area (Å²) in [5, 5.41) is 6.23. The second kappa shape index (κ2) is 7.86. The largest absolute Gasteiger partial charge is 0.302 e. The lowest BCUT2D eigenvalue weighted by atomic mass is 9.89. The van der Waals surface area contributed by atoms with Crippen molar-refractivity contribution in [3.63, 3.8) is 0 Å². The van der Waals surface area contributed by atoms with E-state index >= 15 is 0 Å². The van der Waals surface area contributed by atoms with Gasteiger partial charge in [0.05, 0.1) is 14.3 Å². The lowest BCUT2D eigenvalue weighted by Crippen LogP contribution is -2.66. The van der Waals surface area contributed by atoms with E-state index in [0.29, 0.717) is 5.16 Å². The van der Waals surface area contributed by atoms with Crippen molar-refractivity contribution in [2.75, 3.05) is 0 Å². The summed E-state index contributed by atoms with van der Waals surface area (Å²) in [5.41, 5.74) is 4.47. The maximum Gasteiger partial charge on any atom is 0.0901 e. The topological polar surface area (TPSA) is 12.0 Å². The average molecular weight is 368 g/mol. The standard InChI is InChI=1S/C24H37NSi/c1-19-18-23(4,21(3)20(19)2)25-24(16-12-7-6-8-13-17-24)26(5)22-14-10-9-11-15-22/h9-11,14-15,18,25-26H,6-8,12-13,16-17H2,1-5H3. The molecule has 2 unspecified atom stereocenters. The fourth-order valence-corrected chi connectivity index (χ4v) is 8.47. The van der Waals surface area contributed by atoms with Gasteiger partial charge in [-0.1, -0.05) is 85.8 Å². The van der Waals surface area contributed by atoms with Crippen LogP contribution in [0, 0.1) is 0 Å². The molecule has 1 saturated carbocycles. The van der Waals surface area contributed by atoms with E-state index in [-0.39, 0.29) is 5.54 Å². The Balaban J connectivity index is 1.98. The molecule has 2 aliphatic carbocycles. The summed E-state index contributed by atoms with van der Waals surface area (Å²) in [7, 11) is -1.16. The molecule has 1 fully saturated rings. The predicted molar refractivity (Wildman–Crippen MR) is 118 cm³/mol. The van der Waals surface area contributed by atoms with Crippen molar-refractivity contribution in [3.8, 4) is 0 Å². The summed E-state index contributed by atoms with van der Waals surface area (Å²) in [6.45, 7) is 11.9. The van der Waals surface area contributed by atoms with Crippen LogP contribution in [0.1, 0.15) is 72.6 Å². The third-order valence-corrected chi connectivity index (χ3v) is 11.1. The van der Waals surface area contributed by atoms with Crippen LogP contribution in [-0.4, -0.2) is 19.5 Å². The molecule has 0 saturated heterocycles. The number of benzene rings is 1. The zero-order valence-electron chi connectivity index (χ0n) is 17.5. The number of rotatable bonds is 4. The van der Waals surface area contributed by atoms with Crippen molar-refractivity contribution in [3.05, 3.63) is 53.1 Å². The minimum atomic E-state index is -1.16. The van der Waals surface area contributed by atoms with Crippen molar-refractivity contribution < 1.29 is 0 Å². The first-order valence-corrected chi connectivity index (χ1v) is 12.9. The molecule has 2 heteroatoms. The Labute approximate surface area is 162 Å². The van der Waals surface area contributed by atoms with Gasteiger partial charge in [0, 0.05) is 5.16 Å². The minimum absolute atomic E-state index is 0.0173. The molecule has 0 aliphatic heterocycles. The molecule has 1 aromatic rings. The van der Waals surface area contributed by atoms with Gasteiger partial charge in [0.2, 0.25) is 0 Å². The molecule has 142 valence electrons. The molecule has 0 heterocycles. The van der Waals surface area contributed by atoms with E-state index in [9.17, 15) is 0 Å². The molecule has 0 bridgehead atoms. The maximum absolute atomic E-state index is 4.31. The molecule has 1 nitrogen and oxygen atoms in total. The van der Waals surface area contributed by atoms with Gasteiger partial charge in [0.1, 0.15) is 0 Å². The Bertz CT molecular complexity index is 679. The van der Waals surface area contributed by atoms with Gasteiger partial charge < -0.3 is 5.32 Å². The van der Waals surface area contributed by atoms with Crippen LogP contribution < -0.4 is 10.5 Å². The predicted octanol–water partition coefficient (Wildman–Crippen LogP) is 5.42. The van der Waals surface area contributed by atoms with Crippen molar-refractivity contribution in [2.45, 2.75) is 89.9 Å². The highest BCUT2D eigenvalue weighted by Gasteiger charge is 2.44. The fraction of sp³-hybridized carbons (Fsp3) is 0.583. The molecule has 1 aromatic carbocycles. The van der Waals surface area contributed by atoms with Crippen LogP contribution >= 0.6 is 0 Å². The van der Waals surface area contributed by atoms with Gasteiger partial charge in [-0.15, -0.1) is 0 Å². The molecule has 0 radical (unpaired) electrons. The zero-order chi connectivity index (χ0) is 18.8. The van der Waals surface area contributed by atoms with E-state index in [4.69, 9.17) is 0 Å². The smallest absolute Gasteiger partial charge is 0.0901 e. The highest BCUT2D eigenvalue weighted by Crippen LogP contribution is 2.38. The van der Waals surface area contributed by atoms with Crippen molar-refractivity contribution in [1.82, 2.24) is 5.32 Å². The van der Waals surface area contributed by atoms with E-state index < -0.39 is 8.80 Å². The Hall–Kier alpha value is -1.12. The number of hydrogen-bond acceptors (Lipinski definition) is 1. The van der Waals surface area contributed by atoms with Crippen LogP contribution in [0.15, 0.2) is 53.1 Å². The molecular weight excluding hydrogens is 330 g/mol. The van der Waals surface area contributed by atoms with E-state index in [2.05, 4.69) is 76.0 Å². The van der Waals surface area contributed by atoms with Crippen molar-refractivity contribution >= 4 is 14.0 Å². The molecule has 2 aliphatic rings. The van der Waals surface area contributed by atoms with Crippen LogP contribution in [0.4, 0.5) is 0 Å². The second-order valence-electron chi connectivity index (χ2n) is 8.96. The lowest BCUT2D eigenvalue weighted by Gasteiger charge is -2.47. The Morgan fingerprint density at radius 2 is 1.46 bits per heavy atom. The SMILES string of the molecule is CC1=CC(C)(NC2([SiH](C)c3ccccc3)CCCCCCC2)C(C)=C1C. The van der Waals surface area contributed by atoms with E-state index in [1.165, 1.54) is 61.7 Å². The lowest BCUT2D eigenvalue weighted by molar-refractivity contribution is 0.294. The molecule has 0 aromatic heterocycles. The molecule has 0 spiro atoms.